The number of halogens is 1. The van der Waals surface area contributed by atoms with E-state index in [1.807, 2.05) is 42.5 Å². The zero-order valence-corrected chi connectivity index (χ0v) is 18.2. The fourth-order valence-electron chi connectivity index (χ4n) is 3.28. The van der Waals surface area contributed by atoms with Gasteiger partial charge in [0.05, 0.1) is 17.8 Å². The summed E-state index contributed by atoms with van der Waals surface area (Å²) in [4.78, 5) is 17.4. The lowest BCUT2D eigenvalue weighted by Gasteiger charge is -2.10. The van der Waals surface area contributed by atoms with Crippen molar-refractivity contribution in [3.05, 3.63) is 60.2 Å². The average Bonchev–Trinajstić information content (AvgIpc) is 3.37. The summed E-state index contributed by atoms with van der Waals surface area (Å²) >= 11 is 5.68. The molecule has 0 aliphatic carbocycles. The summed E-state index contributed by atoms with van der Waals surface area (Å²) in [6.45, 7) is 0.651. The number of ether oxygens (including phenoxy) is 1. The average molecular weight is 451 g/mol. The first-order valence-electron chi connectivity index (χ1n) is 10.5. The van der Waals surface area contributed by atoms with Crippen LogP contribution in [0.3, 0.4) is 0 Å². The van der Waals surface area contributed by atoms with Crippen molar-refractivity contribution in [1.29, 1.82) is 0 Å². The number of fused-ring (bicyclic) bond motifs is 1. The molecule has 32 heavy (non-hydrogen) atoms. The van der Waals surface area contributed by atoms with Crippen molar-refractivity contribution < 1.29 is 9.53 Å². The lowest BCUT2D eigenvalue weighted by Crippen LogP contribution is -2.12. The van der Waals surface area contributed by atoms with Gasteiger partial charge >= 0.3 is 0 Å². The number of carbonyl (C=O) groups is 1. The van der Waals surface area contributed by atoms with Gasteiger partial charge in [-0.1, -0.05) is 31.0 Å². The molecule has 0 atom stereocenters. The zero-order chi connectivity index (χ0) is 22.2. The monoisotopic (exact) mass is 450 g/mol. The van der Waals surface area contributed by atoms with E-state index in [-0.39, 0.29) is 5.91 Å². The fourth-order valence-corrected chi connectivity index (χ4v) is 3.47. The van der Waals surface area contributed by atoms with Crippen LogP contribution >= 0.6 is 11.6 Å². The fraction of sp³-hybridized carbons (Fsp3) is 0.261. The van der Waals surface area contributed by atoms with Gasteiger partial charge in [0, 0.05) is 16.8 Å². The minimum absolute atomic E-state index is 0.225. The van der Waals surface area contributed by atoms with E-state index in [1.165, 1.54) is 0 Å². The number of nitrogens with zero attached hydrogens (tertiary/aromatic N) is 4. The number of aromatic nitrogens is 5. The van der Waals surface area contributed by atoms with Crippen LogP contribution in [0.4, 0.5) is 5.69 Å². The molecule has 0 spiro atoms. The smallest absolute Gasteiger partial charge is 0.255 e. The number of aromatic amines is 1. The van der Waals surface area contributed by atoms with E-state index in [4.69, 9.17) is 16.3 Å². The number of benzene rings is 2. The molecule has 0 aliphatic heterocycles. The van der Waals surface area contributed by atoms with E-state index >= 15 is 0 Å². The standard InChI is InChI=1S/C23H23ClN6O2/c24-14-3-1-2-4-15-32-18-11-8-17(9-12-18)23(31)26-19-7-5-6-16-10-13-20(25-21(16)19)22-27-29-30-28-22/h5-13H,1-4,14-15H2,(H,26,31)(H,27,28,29,30). The highest BCUT2D eigenvalue weighted by Crippen LogP contribution is 2.25. The van der Waals surface area contributed by atoms with E-state index < -0.39 is 0 Å². The van der Waals surface area contributed by atoms with Gasteiger partial charge in [-0.25, -0.2) is 4.98 Å². The molecule has 0 aliphatic rings. The van der Waals surface area contributed by atoms with Crippen molar-refractivity contribution >= 4 is 34.1 Å². The Morgan fingerprint density at radius 2 is 1.84 bits per heavy atom. The van der Waals surface area contributed by atoms with E-state index in [9.17, 15) is 4.79 Å². The SMILES string of the molecule is O=C(Nc1cccc2ccc(-c3nn[nH]n3)nc12)c1ccc(OCCCCCCCl)cc1. The molecule has 2 heterocycles. The second-order valence-corrected chi connectivity index (χ2v) is 7.62. The minimum Gasteiger partial charge on any atom is -0.494 e. The van der Waals surface area contributed by atoms with Crippen molar-refractivity contribution in [3.63, 3.8) is 0 Å². The first-order valence-corrected chi connectivity index (χ1v) is 11.0. The molecule has 2 aromatic carbocycles. The van der Waals surface area contributed by atoms with E-state index in [2.05, 4.69) is 30.9 Å². The Balaban J connectivity index is 1.42. The lowest BCUT2D eigenvalue weighted by atomic mass is 10.1. The predicted molar refractivity (Wildman–Crippen MR) is 124 cm³/mol. The van der Waals surface area contributed by atoms with Gasteiger partial charge in [-0.05, 0) is 54.5 Å². The maximum absolute atomic E-state index is 12.8. The van der Waals surface area contributed by atoms with Crippen LogP contribution < -0.4 is 10.1 Å². The number of hydrogen-bond donors (Lipinski definition) is 2. The summed E-state index contributed by atoms with van der Waals surface area (Å²) in [5.74, 6) is 1.62. The van der Waals surface area contributed by atoms with Crippen LogP contribution in [0.25, 0.3) is 22.4 Å². The van der Waals surface area contributed by atoms with Crippen molar-refractivity contribution in [2.75, 3.05) is 17.8 Å². The van der Waals surface area contributed by atoms with Crippen molar-refractivity contribution in [1.82, 2.24) is 25.6 Å². The van der Waals surface area contributed by atoms with Crippen molar-refractivity contribution in [2.24, 2.45) is 0 Å². The third-order valence-corrected chi connectivity index (χ3v) is 5.22. The molecule has 4 aromatic rings. The summed E-state index contributed by atoms with van der Waals surface area (Å²) in [5.41, 5.74) is 2.36. The maximum Gasteiger partial charge on any atom is 0.255 e. The highest BCUT2D eigenvalue weighted by atomic mass is 35.5. The van der Waals surface area contributed by atoms with Gasteiger partial charge in [0.2, 0.25) is 5.82 Å². The number of H-pyrrole nitrogens is 1. The Bertz CT molecular complexity index is 1170. The molecule has 0 bridgehead atoms. The molecule has 8 nitrogen and oxygen atoms in total. The first kappa shape index (κ1) is 21.7. The molecule has 2 aromatic heterocycles. The summed E-state index contributed by atoms with van der Waals surface area (Å²) in [5, 5.41) is 17.8. The van der Waals surface area contributed by atoms with Crippen LogP contribution in [0.15, 0.2) is 54.6 Å². The molecule has 0 radical (unpaired) electrons. The first-order chi connectivity index (χ1) is 15.7. The van der Waals surface area contributed by atoms with Gasteiger partial charge in [0.25, 0.3) is 5.91 Å². The van der Waals surface area contributed by atoms with Gasteiger partial charge in [0.15, 0.2) is 0 Å². The Kier molecular flexibility index (Phi) is 7.24. The van der Waals surface area contributed by atoms with Crippen LogP contribution in [-0.2, 0) is 0 Å². The number of hydrogen-bond acceptors (Lipinski definition) is 6. The van der Waals surface area contributed by atoms with Gasteiger partial charge in [-0.3, -0.25) is 4.79 Å². The molecule has 0 saturated carbocycles. The second-order valence-electron chi connectivity index (χ2n) is 7.24. The zero-order valence-electron chi connectivity index (χ0n) is 17.4. The van der Waals surface area contributed by atoms with Gasteiger partial charge in [0.1, 0.15) is 11.4 Å². The Labute approximate surface area is 190 Å². The summed E-state index contributed by atoms with van der Waals surface area (Å²) < 4.78 is 5.75. The number of anilines is 1. The largest absolute Gasteiger partial charge is 0.494 e. The number of unbranched alkanes of at least 4 members (excludes halogenated alkanes) is 3. The highest BCUT2D eigenvalue weighted by Gasteiger charge is 2.12. The molecule has 0 fully saturated rings. The Hall–Kier alpha value is -3.52. The van der Waals surface area contributed by atoms with Crippen molar-refractivity contribution in [2.45, 2.75) is 25.7 Å². The molecular weight excluding hydrogens is 428 g/mol. The predicted octanol–water partition coefficient (Wildman–Crippen LogP) is 4.85. The molecule has 9 heteroatoms. The summed E-state index contributed by atoms with van der Waals surface area (Å²) in [6, 6.07) is 16.5. The number of rotatable bonds is 10. The molecule has 4 rings (SSSR count). The minimum atomic E-state index is -0.225. The van der Waals surface area contributed by atoms with E-state index in [0.717, 1.165) is 36.8 Å². The second kappa shape index (κ2) is 10.7. The summed E-state index contributed by atoms with van der Waals surface area (Å²) in [7, 11) is 0. The third kappa shape index (κ3) is 5.39. The normalized spacial score (nSPS) is 10.9. The Morgan fingerprint density at radius 1 is 1.00 bits per heavy atom. The van der Waals surface area contributed by atoms with Crippen LogP contribution in [0.2, 0.25) is 0 Å². The number of tetrazole rings is 1. The van der Waals surface area contributed by atoms with E-state index in [0.29, 0.717) is 40.8 Å². The molecule has 0 saturated heterocycles. The van der Waals surface area contributed by atoms with Crippen LogP contribution in [0, 0.1) is 0 Å². The van der Waals surface area contributed by atoms with E-state index in [1.54, 1.807) is 12.1 Å². The highest BCUT2D eigenvalue weighted by molar-refractivity contribution is 6.17. The Morgan fingerprint density at radius 3 is 2.62 bits per heavy atom. The van der Waals surface area contributed by atoms with Gasteiger partial charge in [-0.15, -0.1) is 21.8 Å². The van der Waals surface area contributed by atoms with Crippen LogP contribution in [-0.4, -0.2) is 44.0 Å². The number of nitrogens with one attached hydrogen (secondary N) is 2. The quantitative estimate of drug-likeness (QED) is 0.264. The third-order valence-electron chi connectivity index (χ3n) is 4.96. The summed E-state index contributed by atoms with van der Waals surface area (Å²) in [6.07, 6.45) is 4.24. The number of alkyl halides is 1. The molecule has 0 unspecified atom stereocenters. The lowest BCUT2D eigenvalue weighted by molar-refractivity contribution is 0.102. The van der Waals surface area contributed by atoms with Crippen LogP contribution in [0.1, 0.15) is 36.0 Å². The van der Waals surface area contributed by atoms with Crippen LogP contribution in [0.5, 0.6) is 5.75 Å². The molecule has 2 N–H and O–H groups in total. The number of amides is 1. The van der Waals surface area contributed by atoms with Gasteiger partial charge < -0.3 is 10.1 Å². The molecule has 164 valence electrons. The number of para-hydroxylation sites is 1. The number of carbonyl (C=O) groups excluding carboxylic acids is 1. The van der Waals surface area contributed by atoms with Crippen molar-refractivity contribution in [3.8, 4) is 17.3 Å². The van der Waals surface area contributed by atoms with Gasteiger partial charge in [-0.2, -0.15) is 5.21 Å². The molecule has 1 amide bonds. The number of pyridine rings is 1. The topological polar surface area (TPSA) is 106 Å². The molecular formula is C23H23ClN6O2. The maximum atomic E-state index is 12.8.